The number of pyridine rings is 1. The third-order valence-electron chi connectivity index (χ3n) is 5.56. The van der Waals surface area contributed by atoms with Crippen LogP contribution in [-0.4, -0.2) is 10.9 Å². The van der Waals surface area contributed by atoms with Crippen LogP contribution < -0.4 is 11.1 Å². The largest absolute Gasteiger partial charge is 0.398 e. The zero-order valence-corrected chi connectivity index (χ0v) is 19.0. The average Bonchev–Trinajstić information content (AvgIpc) is 2.72. The Bertz CT molecular complexity index is 1130. The van der Waals surface area contributed by atoms with Crippen LogP contribution in [0.4, 0.5) is 5.69 Å². The minimum absolute atomic E-state index is 0.0461. The van der Waals surface area contributed by atoms with E-state index < -0.39 is 0 Å². The minimum atomic E-state index is -0.166. The minimum Gasteiger partial charge on any atom is -0.398 e. The highest BCUT2D eigenvalue weighted by atomic mass is 16.1. The maximum Gasteiger partial charge on any atom is 0.248 e. The molecule has 5 nitrogen and oxygen atoms in total. The maximum atomic E-state index is 12.4. The Morgan fingerprint density at radius 2 is 2.16 bits per heavy atom. The van der Waals surface area contributed by atoms with Crippen molar-refractivity contribution in [3.8, 4) is 17.2 Å². The van der Waals surface area contributed by atoms with Gasteiger partial charge in [0.25, 0.3) is 0 Å². The van der Waals surface area contributed by atoms with E-state index in [1.54, 1.807) is 12.3 Å². The van der Waals surface area contributed by atoms with Crippen LogP contribution in [0.3, 0.4) is 0 Å². The van der Waals surface area contributed by atoms with Gasteiger partial charge < -0.3 is 11.1 Å². The van der Waals surface area contributed by atoms with Gasteiger partial charge in [-0.1, -0.05) is 31.1 Å². The van der Waals surface area contributed by atoms with Crippen molar-refractivity contribution in [3.63, 3.8) is 0 Å². The highest BCUT2D eigenvalue weighted by Gasteiger charge is 2.23. The second kappa shape index (κ2) is 10.6. The van der Waals surface area contributed by atoms with Crippen LogP contribution in [-0.2, 0) is 4.79 Å². The Morgan fingerprint density at radius 1 is 1.38 bits per heavy atom. The van der Waals surface area contributed by atoms with Crippen molar-refractivity contribution in [2.75, 3.05) is 5.73 Å². The van der Waals surface area contributed by atoms with Crippen LogP contribution in [0.15, 0.2) is 54.0 Å². The molecule has 0 unspecified atom stereocenters. The molecule has 1 aromatic heterocycles. The number of amides is 1. The number of carbonyl (C=O) groups excluding carboxylic acids is 1. The molecule has 1 aliphatic rings. The molecule has 3 N–H and O–H groups in total. The van der Waals surface area contributed by atoms with Gasteiger partial charge in [-0.3, -0.25) is 9.78 Å². The van der Waals surface area contributed by atoms with Gasteiger partial charge in [0.1, 0.15) is 0 Å². The molecule has 0 bridgehead atoms. The number of nitriles is 1. The molecule has 1 aliphatic carbocycles. The maximum absolute atomic E-state index is 12.4. The number of nitrogens with two attached hydrogens (primary N) is 1. The smallest absolute Gasteiger partial charge is 0.248 e. The van der Waals surface area contributed by atoms with Gasteiger partial charge in [0, 0.05) is 41.0 Å². The molecule has 5 heteroatoms. The fraction of sp³-hybridized carbons (Fsp3) is 0.296. The standard InChI is InChI=1S/C27H30N4O/c1-4-5-6-7-24-22(10-19(3)31-27(32)13-20-11-21(12-20)16-28)14-23(15-26(24)29)25-17-30-9-8-18(25)2/h6-10,13-15,17,21H,4-5,11-12,29H2,1-3H3,(H,31,32)/b7-6-,19-10+,20-13?. The molecule has 1 aromatic carbocycles. The Balaban J connectivity index is 1.92. The van der Waals surface area contributed by atoms with Crippen molar-refractivity contribution in [3.05, 3.63) is 70.7 Å². The number of rotatable bonds is 7. The van der Waals surface area contributed by atoms with Gasteiger partial charge in [-0.05, 0) is 74.1 Å². The molecule has 0 radical (unpaired) electrons. The summed E-state index contributed by atoms with van der Waals surface area (Å²) in [5.74, 6) is -0.120. The van der Waals surface area contributed by atoms with E-state index in [-0.39, 0.29) is 11.8 Å². The molecule has 1 heterocycles. The van der Waals surface area contributed by atoms with Crippen molar-refractivity contribution in [1.82, 2.24) is 10.3 Å². The highest BCUT2D eigenvalue weighted by Crippen LogP contribution is 2.32. The van der Waals surface area contributed by atoms with Gasteiger partial charge in [0.2, 0.25) is 5.91 Å². The van der Waals surface area contributed by atoms with E-state index in [0.717, 1.165) is 51.9 Å². The summed E-state index contributed by atoms with van der Waals surface area (Å²) >= 11 is 0. The van der Waals surface area contributed by atoms with Crippen LogP contribution >= 0.6 is 0 Å². The van der Waals surface area contributed by atoms with Gasteiger partial charge in [0.05, 0.1) is 12.0 Å². The summed E-state index contributed by atoms with van der Waals surface area (Å²) in [4.78, 5) is 16.6. The predicted molar refractivity (Wildman–Crippen MR) is 131 cm³/mol. The summed E-state index contributed by atoms with van der Waals surface area (Å²) < 4.78 is 0. The predicted octanol–water partition coefficient (Wildman–Crippen LogP) is 5.79. The number of anilines is 1. The summed E-state index contributed by atoms with van der Waals surface area (Å²) in [6.45, 7) is 6.05. The first kappa shape index (κ1) is 23.0. The number of nitrogen functional groups attached to an aromatic ring is 1. The van der Waals surface area contributed by atoms with E-state index in [9.17, 15) is 4.79 Å². The van der Waals surface area contributed by atoms with Gasteiger partial charge in [-0.15, -0.1) is 0 Å². The Kier molecular flexibility index (Phi) is 7.62. The molecule has 0 saturated heterocycles. The van der Waals surface area contributed by atoms with E-state index >= 15 is 0 Å². The van der Waals surface area contributed by atoms with Crippen molar-refractivity contribution in [2.45, 2.75) is 46.5 Å². The number of benzene rings is 1. The molecular formula is C27H30N4O. The molecule has 0 atom stereocenters. The molecule has 164 valence electrons. The number of unbranched alkanes of at least 4 members (excludes halogenated alkanes) is 1. The molecule has 3 rings (SSSR count). The van der Waals surface area contributed by atoms with E-state index in [1.807, 2.05) is 38.3 Å². The summed E-state index contributed by atoms with van der Waals surface area (Å²) in [5, 5.41) is 11.8. The molecular weight excluding hydrogens is 396 g/mol. The topological polar surface area (TPSA) is 91.8 Å². The zero-order valence-electron chi connectivity index (χ0n) is 19.0. The lowest BCUT2D eigenvalue weighted by atomic mass is 9.81. The lowest BCUT2D eigenvalue weighted by Crippen LogP contribution is -2.22. The molecule has 1 saturated carbocycles. The molecule has 0 aliphatic heterocycles. The first-order chi connectivity index (χ1) is 15.4. The average molecular weight is 427 g/mol. The zero-order chi connectivity index (χ0) is 23.1. The normalized spacial score (nSPS) is 15.9. The number of allylic oxidation sites excluding steroid dienone is 3. The fourth-order valence-electron chi connectivity index (χ4n) is 3.77. The fourth-order valence-corrected chi connectivity index (χ4v) is 3.77. The molecule has 0 spiro atoms. The third-order valence-corrected chi connectivity index (χ3v) is 5.56. The van der Waals surface area contributed by atoms with E-state index in [4.69, 9.17) is 11.0 Å². The quantitative estimate of drug-likeness (QED) is 0.433. The number of carbonyl (C=O) groups is 1. The number of hydrogen-bond donors (Lipinski definition) is 2. The van der Waals surface area contributed by atoms with Crippen molar-refractivity contribution in [1.29, 1.82) is 5.26 Å². The number of hydrogen-bond acceptors (Lipinski definition) is 4. The van der Waals surface area contributed by atoms with Crippen molar-refractivity contribution >= 4 is 23.7 Å². The number of aryl methyl sites for hydroxylation is 1. The van der Waals surface area contributed by atoms with Crippen LogP contribution in [0.5, 0.6) is 0 Å². The Hall–Kier alpha value is -3.65. The van der Waals surface area contributed by atoms with Crippen molar-refractivity contribution in [2.24, 2.45) is 5.92 Å². The molecule has 1 amide bonds. The van der Waals surface area contributed by atoms with E-state index in [1.165, 1.54) is 0 Å². The summed E-state index contributed by atoms with van der Waals surface area (Å²) in [7, 11) is 0. The Labute approximate surface area is 190 Å². The van der Waals surface area contributed by atoms with Crippen LogP contribution in [0.2, 0.25) is 0 Å². The SMILES string of the molecule is CCC/C=C\c1c(N)cc(-c2cnccc2C)cc1/C=C(\C)NC(=O)C=C1CC(C#N)C1. The van der Waals surface area contributed by atoms with Crippen molar-refractivity contribution < 1.29 is 4.79 Å². The van der Waals surface area contributed by atoms with E-state index in [2.05, 4.69) is 41.5 Å². The molecule has 1 fully saturated rings. The van der Waals surface area contributed by atoms with Gasteiger partial charge in [-0.25, -0.2) is 0 Å². The lowest BCUT2D eigenvalue weighted by Gasteiger charge is -2.22. The first-order valence-electron chi connectivity index (χ1n) is 11.0. The first-order valence-corrected chi connectivity index (χ1v) is 11.0. The summed E-state index contributed by atoms with van der Waals surface area (Å²) in [6.07, 6.45) is 14.8. The van der Waals surface area contributed by atoms with Crippen LogP contribution in [0.25, 0.3) is 23.3 Å². The number of nitrogens with zero attached hydrogens (tertiary/aromatic N) is 2. The number of aromatic nitrogens is 1. The van der Waals surface area contributed by atoms with E-state index in [0.29, 0.717) is 18.5 Å². The molecule has 2 aromatic rings. The third kappa shape index (κ3) is 5.73. The van der Waals surface area contributed by atoms with Crippen LogP contribution in [0, 0.1) is 24.2 Å². The second-order valence-electron chi connectivity index (χ2n) is 8.30. The van der Waals surface area contributed by atoms with Gasteiger partial charge >= 0.3 is 0 Å². The highest BCUT2D eigenvalue weighted by molar-refractivity contribution is 5.91. The second-order valence-corrected chi connectivity index (χ2v) is 8.30. The number of nitrogens with one attached hydrogen (secondary N) is 1. The summed E-state index contributed by atoms with van der Waals surface area (Å²) in [6, 6.07) is 8.27. The monoisotopic (exact) mass is 426 g/mol. The Morgan fingerprint density at radius 3 is 2.84 bits per heavy atom. The van der Waals surface area contributed by atoms with Crippen LogP contribution in [0.1, 0.15) is 56.2 Å². The lowest BCUT2D eigenvalue weighted by molar-refractivity contribution is -0.115. The molecule has 32 heavy (non-hydrogen) atoms. The van der Waals surface area contributed by atoms with Gasteiger partial charge in [-0.2, -0.15) is 5.26 Å². The van der Waals surface area contributed by atoms with Gasteiger partial charge in [0.15, 0.2) is 0 Å². The summed E-state index contributed by atoms with van der Waals surface area (Å²) in [5.41, 5.74) is 13.9.